The van der Waals surface area contributed by atoms with Gasteiger partial charge in [-0.3, -0.25) is 0 Å². The number of hydrogen-bond acceptors (Lipinski definition) is 5. The highest BCUT2D eigenvalue weighted by Gasteiger charge is 2.14. The van der Waals surface area contributed by atoms with Crippen LogP contribution in [0, 0.1) is 0 Å². The highest BCUT2D eigenvalue weighted by molar-refractivity contribution is 6.17. The van der Waals surface area contributed by atoms with Crippen LogP contribution >= 0.6 is 24.0 Å². The molecule has 2 aromatic carbocycles. The molecular formula is C18H19Cl2N3O2. The second-order valence-electron chi connectivity index (χ2n) is 5.28. The third-order valence-electron chi connectivity index (χ3n) is 3.89. The first-order valence-electron chi connectivity index (χ1n) is 7.43. The van der Waals surface area contributed by atoms with Crippen LogP contribution in [0.5, 0.6) is 11.5 Å². The number of aromatic nitrogens is 2. The zero-order chi connectivity index (χ0) is 17.1. The Balaban J connectivity index is 0.00000225. The van der Waals surface area contributed by atoms with E-state index in [0.29, 0.717) is 17.4 Å². The third-order valence-corrected chi connectivity index (χ3v) is 4.20. The second-order valence-corrected chi connectivity index (χ2v) is 5.55. The van der Waals surface area contributed by atoms with Crippen LogP contribution in [-0.2, 0) is 5.88 Å². The van der Waals surface area contributed by atoms with Crippen LogP contribution in [0.25, 0.3) is 10.9 Å². The molecule has 0 aliphatic carbocycles. The lowest BCUT2D eigenvalue weighted by atomic mass is 10.1. The minimum atomic E-state index is 0. The van der Waals surface area contributed by atoms with Gasteiger partial charge in [-0.05, 0) is 23.8 Å². The fourth-order valence-corrected chi connectivity index (χ4v) is 2.77. The molecule has 3 aromatic rings. The van der Waals surface area contributed by atoms with Crippen molar-refractivity contribution in [3.8, 4) is 11.5 Å². The first kappa shape index (κ1) is 19.1. The summed E-state index contributed by atoms with van der Waals surface area (Å²) in [4.78, 5) is 10.8. The molecule has 0 unspecified atom stereocenters. The van der Waals surface area contributed by atoms with Crippen molar-refractivity contribution in [1.29, 1.82) is 0 Å². The average Bonchev–Trinajstić information content (AvgIpc) is 2.65. The standard InChI is InChI=1S/C18H18ClN3O2.ClH/c1-22(13-6-4-5-12(7-13)10-19)18-14-8-16(23-2)17(24-3)9-15(14)20-11-21-18;/h4-9,11H,10H2,1-3H3;1H. The van der Waals surface area contributed by atoms with E-state index in [-0.39, 0.29) is 12.4 Å². The molecule has 1 heterocycles. The number of nitrogens with zero attached hydrogens (tertiary/aromatic N) is 3. The van der Waals surface area contributed by atoms with Gasteiger partial charge in [0.25, 0.3) is 0 Å². The minimum Gasteiger partial charge on any atom is -0.493 e. The van der Waals surface area contributed by atoms with E-state index >= 15 is 0 Å². The van der Waals surface area contributed by atoms with Gasteiger partial charge in [-0.25, -0.2) is 9.97 Å². The summed E-state index contributed by atoms with van der Waals surface area (Å²) in [7, 11) is 5.18. The SMILES string of the molecule is COc1cc2ncnc(N(C)c3cccc(CCl)c3)c2cc1OC.Cl. The summed E-state index contributed by atoms with van der Waals surface area (Å²) >= 11 is 5.94. The molecule has 5 nitrogen and oxygen atoms in total. The molecular weight excluding hydrogens is 361 g/mol. The number of hydrogen-bond donors (Lipinski definition) is 0. The third kappa shape index (κ3) is 3.72. The zero-order valence-corrected chi connectivity index (χ0v) is 15.8. The fraction of sp³-hybridized carbons (Fsp3) is 0.222. The van der Waals surface area contributed by atoms with Crippen LogP contribution in [0.2, 0.25) is 0 Å². The number of alkyl halides is 1. The Labute approximate surface area is 158 Å². The molecule has 0 saturated heterocycles. The summed E-state index contributed by atoms with van der Waals surface area (Å²) in [5.41, 5.74) is 2.85. The lowest BCUT2D eigenvalue weighted by Crippen LogP contribution is -2.12. The molecule has 1 aromatic heterocycles. The van der Waals surface area contributed by atoms with Crippen molar-refractivity contribution in [3.63, 3.8) is 0 Å². The van der Waals surface area contributed by atoms with Crippen molar-refractivity contribution in [2.45, 2.75) is 5.88 Å². The van der Waals surface area contributed by atoms with Crippen LogP contribution in [0.3, 0.4) is 0 Å². The molecule has 0 radical (unpaired) electrons. The van der Waals surface area contributed by atoms with E-state index in [1.54, 1.807) is 20.5 Å². The van der Waals surface area contributed by atoms with Crippen molar-refractivity contribution in [3.05, 3.63) is 48.3 Å². The molecule has 0 saturated carbocycles. The van der Waals surface area contributed by atoms with Gasteiger partial charge >= 0.3 is 0 Å². The lowest BCUT2D eigenvalue weighted by molar-refractivity contribution is 0.356. The Hall–Kier alpha value is -2.24. The van der Waals surface area contributed by atoms with Crippen molar-refractivity contribution in [2.24, 2.45) is 0 Å². The lowest BCUT2D eigenvalue weighted by Gasteiger charge is -2.21. The number of benzene rings is 2. The van der Waals surface area contributed by atoms with Gasteiger partial charge in [0.1, 0.15) is 12.1 Å². The number of fused-ring (bicyclic) bond motifs is 1. The summed E-state index contributed by atoms with van der Waals surface area (Å²) in [5, 5.41) is 0.883. The predicted octanol–water partition coefficient (Wildman–Crippen LogP) is 4.58. The Bertz CT molecular complexity index is 874. The van der Waals surface area contributed by atoms with E-state index in [0.717, 1.165) is 28.0 Å². The Morgan fingerprint density at radius 3 is 2.44 bits per heavy atom. The monoisotopic (exact) mass is 379 g/mol. The summed E-state index contributed by atoms with van der Waals surface area (Å²) in [5.74, 6) is 2.54. The van der Waals surface area contributed by atoms with E-state index in [1.165, 1.54) is 0 Å². The second kappa shape index (κ2) is 8.23. The molecule has 7 heteroatoms. The molecule has 25 heavy (non-hydrogen) atoms. The Morgan fingerprint density at radius 2 is 1.76 bits per heavy atom. The van der Waals surface area contributed by atoms with Crippen LogP contribution in [0.15, 0.2) is 42.7 Å². The van der Waals surface area contributed by atoms with E-state index in [9.17, 15) is 0 Å². The largest absolute Gasteiger partial charge is 0.493 e. The van der Waals surface area contributed by atoms with E-state index < -0.39 is 0 Å². The smallest absolute Gasteiger partial charge is 0.162 e. The molecule has 0 spiro atoms. The number of ether oxygens (including phenoxy) is 2. The first-order chi connectivity index (χ1) is 11.7. The maximum absolute atomic E-state index is 5.94. The maximum Gasteiger partial charge on any atom is 0.162 e. The van der Waals surface area contributed by atoms with Crippen LogP contribution in [-0.4, -0.2) is 31.2 Å². The summed E-state index contributed by atoms with van der Waals surface area (Å²) in [6.07, 6.45) is 1.55. The molecule has 0 N–H and O–H groups in total. The molecule has 3 rings (SSSR count). The van der Waals surface area contributed by atoms with Gasteiger partial charge in [0.15, 0.2) is 11.5 Å². The van der Waals surface area contributed by atoms with Crippen molar-refractivity contribution >= 4 is 46.4 Å². The van der Waals surface area contributed by atoms with Gasteiger partial charge in [0.05, 0.1) is 19.7 Å². The highest BCUT2D eigenvalue weighted by atomic mass is 35.5. The van der Waals surface area contributed by atoms with Crippen LogP contribution in [0.4, 0.5) is 11.5 Å². The highest BCUT2D eigenvalue weighted by Crippen LogP contribution is 2.36. The summed E-state index contributed by atoms with van der Waals surface area (Å²) in [6.45, 7) is 0. The molecule has 0 bridgehead atoms. The van der Waals surface area contributed by atoms with Crippen molar-refractivity contribution in [1.82, 2.24) is 9.97 Å². The van der Waals surface area contributed by atoms with Gasteiger partial charge in [-0.1, -0.05) is 12.1 Å². The number of methoxy groups -OCH3 is 2. The zero-order valence-electron chi connectivity index (χ0n) is 14.2. The van der Waals surface area contributed by atoms with E-state index in [2.05, 4.69) is 9.97 Å². The predicted molar refractivity (Wildman–Crippen MR) is 104 cm³/mol. The average molecular weight is 380 g/mol. The normalized spacial score (nSPS) is 10.2. The molecule has 0 aliphatic heterocycles. The first-order valence-corrected chi connectivity index (χ1v) is 7.96. The summed E-state index contributed by atoms with van der Waals surface area (Å²) in [6, 6.07) is 11.8. The molecule has 0 atom stereocenters. The summed E-state index contributed by atoms with van der Waals surface area (Å²) < 4.78 is 10.8. The topological polar surface area (TPSA) is 47.5 Å². The van der Waals surface area contributed by atoms with Gasteiger partial charge < -0.3 is 14.4 Å². The van der Waals surface area contributed by atoms with Crippen LogP contribution in [0.1, 0.15) is 5.56 Å². The molecule has 0 aliphatic rings. The van der Waals surface area contributed by atoms with Gasteiger partial charge in [-0.2, -0.15) is 0 Å². The van der Waals surface area contributed by atoms with Crippen molar-refractivity contribution < 1.29 is 9.47 Å². The minimum absolute atomic E-state index is 0. The maximum atomic E-state index is 5.94. The quantitative estimate of drug-likeness (QED) is 0.607. The molecule has 132 valence electrons. The number of halogens is 2. The fourth-order valence-electron chi connectivity index (χ4n) is 2.61. The van der Waals surface area contributed by atoms with Crippen LogP contribution < -0.4 is 14.4 Å². The number of rotatable bonds is 5. The van der Waals surface area contributed by atoms with E-state index in [4.69, 9.17) is 21.1 Å². The Kier molecular flexibility index (Phi) is 6.28. The van der Waals surface area contributed by atoms with Gasteiger partial charge in [0.2, 0.25) is 0 Å². The van der Waals surface area contributed by atoms with Gasteiger partial charge in [-0.15, -0.1) is 24.0 Å². The van der Waals surface area contributed by atoms with Crippen molar-refractivity contribution in [2.75, 3.05) is 26.2 Å². The molecule has 0 amide bonds. The van der Waals surface area contributed by atoms with Gasteiger partial charge in [0, 0.05) is 30.1 Å². The number of anilines is 2. The Morgan fingerprint density at radius 1 is 1.04 bits per heavy atom. The molecule has 0 fully saturated rings. The van der Waals surface area contributed by atoms with E-state index in [1.807, 2.05) is 48.3 Å².